The highest BCUT2D eigenvalue weighted by molar-refractivity contribution is 5.93. The van der Waals surface area contributed by atoms with Crippen LogP contribution in [0.2, 0.25) is 0 Å². The van der Waals surface area contributed by atoms with Crippen molar-refractivity contribution in [1.29, 1.82) is 0 Å². The Morgan fingerprint density at radius 3 is 2.82 bits per heavy atom. The minimum Gasteiger partial charge on any atom is -0.335 e. The Labute approximate surface area is 194 Å². The molecule has 1 amide bonds. The van der Waals surface area contributed by atoms with Crippen LogP contribution in [-0.2, 0) is 4.79 Å². The predicted molar refractivity (Wildman–Crippen MR) is 129 cm³/mol. The van der Waals surface area contributed by atoms with Gasteiger partial charge in [0, 0.05) is 24.4 Å². The van der Waals surface area contributed by atoms with Gasteiger partial charge in [0.15, 0.2) is 11.5 Å². The minimum atomic E-state index is 0.0192. The number of aromatic nitrogens is 7. The molecule has 1 aliphatic heterocycles. The van der Waals surface area contributed by atoms with E-state index in [1.807, 2.05) is 24.3 Å². The topological polar surface area (TPSA) is 137 Å². The number of H-pyrrole nitrogens is 2. The second-order valence-electron chi connectivity index (χ2n) is 8.55. The Morgan fingerprint density at radius 1 is 1.03 bits per heavy atom. The number of anilines is 1. The van der Waals surface area contributed by atoms with Gasteiger partial charge in [-0.15, -0.1) is 0 Å². The molecular formula is C24H23N9O. The summed E-state index contributed by atoms with van der Waals surface area (Å²) < 4.78 is 0. The summed E-state index contributed by atoms with van der Waals surface area (Å²) in [6.07, 6.45) is 9.43. The van der Waals surface area contributed by atoms with Crippen molar-refractivity contribution >= 4 is 33.7 Å². The smallest absolute Gasteiger partial charge is 0.224 e. The summed E-state index contributed by atoms with van der Waals surface area (Å²) in [4.78, 5) is 33.7. The van der Waals surface area contributed by atoms with Crippen LogP contribution in [0.5, 0.6) is 0 Å². The maximum absolute atomic E-state index is 12.5. The van der Waals surface area contributed by atoms with Gasteiger partial charge in [0.2, 0.25) is 5.91 Å². The lowest BCUT2D eigenvalue weighted by atomic mass is 9.94. The number of fused-ring (bicyclic) bond motifs is 2. The molecule has 0 aromatic carbocycles. The molecule has 34 heavy (non-hydrogen) atoms. The average molecular weight is 454 g/mol. The van der Waals surface area contributed by atoms with Crippen molar-refractivity contribution in [3.05, 3.63) is 49.1 Å². The molecule has 0 unspecified atom stereocenters. The third-order valence-electron chi connectivity index (χ3n) is 6.17. The van der Waals surface area contributed by atoms with Crippen LogP contribution < -0.4 is 10.6 Å². The quantitative estimate of drug-likeness (QED) is 0.320. The molecule has 6 rings (SSSR count). The van der Waals surface area contributed by atoms with Gasteiger partial charge >= 0.3 is 0 Å². The average Bonchev–Trinajstić information content (AvgIpc) is 3.48. The maximum Gasteiger partial charge on any atom is 0.224 e. The first-order valence-electron chi connectivity index (χ1n) is 11.3. The summed E-state index contributed by atoms with van der Waals surface area (Å²) in [5.74, 6) is 1.07. The van der Waals surface area contributed by atoms with Gasteiger partial charge in [-0.2, -0.15) is 5.10 Å². The number of carbonyl (C=O) groups is 1. The molecule has 1 aliphatic rings. The predicted octanol–water partition coefficient (Wildman–Crippen LogP) is 3.29. The van der Waals surface area contributed by atoms with E-state index in [4.69, 9.17) is 4.98 Å². The standard InChI is InChI=1S/C24H23N9O/c34-21(9-14-3-6-25-7-4-14)28-16-10-15(11-27-12-16)17-1-2-19-22(29-17)23(33-32-19)24-30-18-5-8-26-13-20(18)31-24/h1-2,5,8,10-14,25H,3-4,6-7,9H2,(H,28,34)(H,30,31)(H,32,33). The second kappa shape index (κ2) is 8.64. The first kappa shape index (κ1) is 20.4. The van der Waals surface area contributed by atoms with E-state index in [1.54, 1.807) is 24.8 Å². The van der Waals surface area contributed by atoms with Gasteiger partial charge < -0.3 is 15.6 Å². The zero-order valence-electron chi connectivity index (χ0n) is 18.4. The first-order valence-corrected chi connectivity index (χ1v) is 11.3. The van der Waals surface area contributed by atoms with Gasteiger partial charge in [-0.05, 0) is 56.1 Å². The van der Waals surface area contributed by atoms with Crippen molar-refractivity contribution in [2.24, 2.45) is 5.92 Å². The molecule has 1 fully saturated rings. The molecule has 10 heteroatoms. The molecule has 6 heterocycles. The number of hydrogen-bond acceptors (Lipinski definition) is 7. The third kappa shape index (κ3) is 3.99. The van der Waals surface area contributed by atoms with Gasteiger partial charge in [0.1, 0.15) is 5.52 Å². The van der Waals surface area contributed by atoms with Crippen LogP contribution in [-0.4, -0.2) is 54.1 Å². The number of rotatable bonds is 5. The fraction of sp³-hybridized carbons (Fsp3) is 0.250. The lowest BCUT2D eigenvalue weighted by Gasteiger charge is -2.21. The van der Waals surface area contributed by atoms with Crippen molar-refractivity contribution in [1.82, 2.24) is 40.4 Å². The summed E-state index contributed by atoms with van der Waals surface area (Å²) in [6.45, 7) is 1.95. The van der Waals surface area contributed by atoms with Crippen LogP contribution in [0.3, 0.4) is 0 Å². The first-order chi connectivity index (χ1) is 16.7. The van der Waals surface area contributed by atoms with Crippen LogP contribution >= 0.6 is 0 Å². The summed E-state index contributed by atoms with van der Waals surface area (Å²) >= 11 is 0. The molecule has 0 aliphatic carbocycles. The van der Waals surface area contributed by atoms with E-state index in [1.165, 1.54) is 0 Å². The molecule has 0 spiro atoms. The zero-order chi connectivity index (χ0) is 22.9. The van der Waals surface area contributed by atoms with Gasteiger partial charge in [0.05, 0.1) is 40.3 Å². The van der Waals surface area contributed by atoms with Crippen LogP contribution in [0.25, 0.3) is 44.8 Å². The molecule has 170 valence electrons. The zero-order valence-corrected chi connectivity index (χ0v) is 18.4. The number of carbonyl (C=O) groups excluding carboxylic acids is 1. The molecule has 1 saturated heterocycles. The molecule has 0 radical (unpaired) electrons. The molecular weight excluding hydrogens is 430 g/mol. The number of nitrogens with one attached hydrogen (secondary N) is 4. The van der Waals surface area contributed by atoms with E-state index in [-0.39, 0.29) is 5.91 Å². The summed E-state index contributed by atoms with van der Waals surface area (Å²) in [5.41, 5.74) is 5.98. The maximum atomic E-state index is 12.5. The number of piperidine rings is 1. The lowest BCUT2D eigenvalue weighted by molar-refractivity contribution is -0.117. The van der Waals surface area contributed by atoms with E-state index < -0.39 is 0 Å². The van der Waals surface area contributed by atoms with Crippen molar-refractivity contribution < 1.29 is 4.79 Å². The number of hydrogen-bond donors (Lipinski definition) is 4. The number of nitrogens with zero attached hydrogens (tertiary/aromatic N) is 5. The van der Waals surface area contributed by atoms with E-state index >= 15 is 0 Å². The Hall–Kier alpha value is -4.18. The normalized spacial score (nSPS) is 14.6. The highest BCUT2D eigenvalue weighted by atomic mass is 16.1. The summed E-state index contributed by atoms with van der Waals surface area (Å²) in [5, 5.41) is 13.8. The molecule has 0 saturated carbocycles. The molecule has 5 aromatic heterocycles. The second-order valence-corrected chi connectivity index (χ2v) is 8.55. The lowest BCUT2D eigenvalue weighted by Crippen LogP contribution is -2.30. The Morgan fingerprint density at radius 2 is 1.94 bits per heavy atom. The highest BCUT2D eigenvalue weighted by Crippen LogP contribution is 2.28. The molecule has 0 atom stereocenters. The SMILES string of the molecule is O=C(CC1CCNCC1)Nc1cncc(-c2ccc3[nH]nc(-c4nc5ccncc5[nH]4)c3n2)c1. The van der Waals surface area contributed by atoms with Crippen LogP contribution in [0, 0.1) is 5.92 Å². The third-order valence-corrected chi connectivity index (χ3v) is 6.17. The number of aromatic amines is 2. The van der Waals surface area contributed by atoms with E-state index in [0.717, 1.165) is 53.7 Å². The fourth-order valence-electron chi connectivity index (χ4n) is 4.40. The number of imidazole rings is 1. The fourth-order valence-corrected chi connectivity index (χ4v) is 4.40. The van der Waals surface area contributed by atoms with Crippen molar-refractivity contribution in [2.75, 3.05) is 18.4 Å². The summed E-state index contributed by atoms with van der Waals surface area (Å²) in [7, 11) is 0. The van der Waals surface area contributed by atoms with Crippen LogP contribution in [0.15, 0.2) is 49.1 Å². The number of pyridine rings is 3. The van der Waals surface area contributed by atoms with Gasteiger partial charge in [0.25, 0.3) is 0 Å². The highest BCUT2D eigenvalue weighted by Gasteiger charge is 2.18. The van der Waals surface area contributed by atoms with E-state index in [2.05, 4.69) is 40.8 Å². The van der Waals surface area contributed by atoms with Crippen molar-refractivity contribution in [3.8, 4) is 22.8 Å². The van der Waals surface area contributed by atoms with E-state index in [0.29, 0.717) is 35.1 Å². The van der Waals surface area contributed by atoms with Crippen LogP contribution in [0.4, 0.5) is 5.69 Å². The molecule has 10 nitrogen and oxygen atoms in total. The Balaban J connectivity index is 1.27. The largest absolute Gasteiger partial charge is 0.335 e. The van der Waals surface area contributed by atoms with Crippen molar-refractivity contribution in [2.45, 2.75) is 19.3 Å². The molecule has 4 N–H and O–H groups in total. The van der Waals surface area contributed by atoms with Crippen LogP contribution in [0.1, 0.15) is 19.3 Å². The monoisotopic (exact) mass is 453 g/mol. The minimum absolute atomic E-state index is 0.0192. The van der Waals surface area contributed by atoms with Gasteiger partial charge in [-0.1, -0.05) is 0 Å². The van der Waals surface area contributed by atoms with Gasteiger partial charge in [-0.3, -0.25) is 19.9 Å². The molecule has 0 bridgehead atoms. The molecule has 5 aromatic rings. The van der Waals surface area contributed by atoms with Crippen molar-refractivity contribution in [3.63, 3.8) is 0 Å². The number of amides is 1. The van der Waals surface area contributed by atoms with Gasteiger partial charge in [-0.25, -0.2) is 9.97 Å². The Kier molecular flexibility index (Phi) is 5.19. The summed E-state index contributed by atoms with van der Waals surface area (Å²) in [6, 6.07) is 7.58. The van der Waals surface area contributed by atoms with E-state index in [9.17, 15) is 4.79 Å². The Bertz CT molecular complexity index is 1450.